The Kier molecular flexibility index (Phi) is 5.41. The number of β-amino-alcohol motifs (C(OH)–C–C–N with tert-alkyl or cyclic N) is 1. The SMILES string of the molecule is Cc1ccc(-c2ccccc2CN2CC[C@@H](N3CCOCC3)[C@H](O)C2)o1. The number of aliphatic hydroxyl groups excluding tert-OH is 1. The van der Waals surface area contributed by atoms with Crippen LogP contribution in [0.1, 0.15) is 17.7 Å². The lowest BCUT2D eigenvalue weighted by atomic mass is 9.98. The van der Waals surface area contributed by atoms with Gasteiger partial charge in [0.1, 0.15) is 11.5 Å². The second-order valence-corrected chi connectivity index (χ2v) is 7.37. The van der Waals surface area contributed by atoms with Crippen LogP contribution >= 0.6 is 0 Å². The van der Waals surface area contributed by atoms with Crippen LogP contribution in [0.15, 0.2) is 40.8 Å². The predicted molar refractivity (Wildman–Crippen MR) is 101 cm³/mol. The van der Waals surface area contributed by atoms with Crippen molar-refractivity contribution in [3.05, 3.63) is 47.7 Å². The molecule has 1 aromatic carbocycles. The molecule has 3 heterocycles. The van der Waals surface area contributed by atoms with E-state index in [-0.39, 0.29) is 12.1 Å². The van der Waals surface area contributed by atoms with Crippen LogP contribution in [0.3, 0.4) is 0 Å². The number of hydrogen-bond donors (Lipinski definition) is 1. The lowest BCUT2D eigenvalue weighted by Gasteiger charge is -2.43. The second-order valence-electron chi connectivity index (χ2n) is 7.37. The van der Waals surface area contributed by atoms with E-state index in [2.05, 4.69) is 34.1 Å². The van der Waals surface area contributed by atoms with Gasteiger partial charge in [-0.05, 0) is 31.0 Å². The summed E-state index contributed by atoms with van der Waals surface area (Å²) in [7, 11) is 0. The fourth-order valence-corrected chi connectivity index (χ4v) is 4.18. The Morgan fingerprint density at radius 2 is 1.88 bits per heavy atom. The van der Waals surface area contributed by atoms with E-state index >= 15 is 0 Å². The molecule has 2 aliphatic rings. The van der Waals surface area contributed by atoms with E-state index in [1.165, 1.54) is 5.56 Å². The first-order chi connectivity index (χ1) is 12.7. The average Bonchev–Trinajstić information content (AvgIpc) is 3.09. The molecular weight excluding hydrogens is 328 g/mol. The minimum Gasteiger partial charge on any atom is -0.461 e. The van der Waals surface area contributed by atoms with Gasteiger partial charge in [-0.25, -0.2) is 0 Å². The average molecular weight is 356 g/mol. The number of piperidine rings is 1. The minimum absolute atomic E-state index is 0.262. The molecule has 1 aromatic heterocycles. The first-order valence-corrected chi connectivity index (χ1v) is 9.57. The molecule has 2 atom stereocenters. The maximum absolute atomic E-state index is 10.7. The molecule has 2 aromatic rings. The van der Waals surface area contributed by atoms with Crippen LogP contribution < -0.4 is 0 Å². The Hall–Kier alpha value is -1.66. The third-order valence-corrected chi connectivity index (χ3v) is 5.56. The molecule has 2 fully saturated rings. The molecule has 0 unspecified atom stereocenters. The van der Waals surface area contributed by atoms with Crippen LogP contribution in [0.5, 0.6) is 0 Å². The normalized spacial score (nSPS) is 25.5. The highest BCUT2D eigenvalue weighted by Crippen LogP contribution is 2.28. The van der Waals surface area contributed by atoms with Crippen molar-refractivity contribution in [2.75, 3.05) is 39.4 Å². The maximum Gasteiger partial charge on any atom is 0.134 e. The molecule has 0 radical (unpaired) electrons. The summed E-state index contributed by atoms with van der Waals surface area (Å²) in [5.41, 5.74) is 2.39. The van der Waals surface area contributed by atoms with Crippen molar-refractivity contribution < 1.29 is 14.3 Å². The molecule has 0 amide bonds. The van der Waals surface area contributed by atoms with Crippen molar-refractivity contribution in [2.45, 2.75) is 32.0 Å². The zero-order valence-corrected chi connectivity index (χ0v) is 15.4. The second kappa shape index (κ2) is 7.92. The first-order valence-electron chi connectivity index (χ1n) is 9.57. The molecule has 0 aliphatic carbocycles. The molecule has 0 bridgehead atoms. The van der Waals surface area contributed by atoms with Gasteiger partial charge in [-0.2, -0.15) is 0 Å². The molecule has 2 aliphatic heterocycles. The van der Waals surface area contributed by atoms with Crippen LogP contribution in [-0.2, 0) is 11.3 Å². The summed E-state index contributed by atoms with van der Waals surface area (Å²) in [5, 5.41) is 10.7. The summed E-state index contributed by atoms with van der Waals surface area (Å²) in [6, 6.07) is 12.7. The highest BCUT2D eigenvalue weighted by molar-refractivity contribution is 5.62. The van der Waals surface area contributed by atoms with Crippen LogP contribution in [0.2, 0.25) is 0 Å². The Morgan fingerprint density at radius 3 is 2.62 bits per heavy atom. The zero-order chi connectivity index (χ0) is 17.9. The number of ether oxygens (including phenoxy) is 1. The fourth-order valence-electron chi connectivity index (χ4n) is 4.18. The quantitative estimate of drug-likeness (QED) is 0.912. The minimum atomic E-state index is -0.306. The fraction of sp³-hybridized carbons (Fsp3) is 0.524. The van der Waals surface area contributed by atoms with Crippen LogP contribution in [0.25, 0.3) is 11.3 Å². The number of likely N-dealkylation sites (tertiary alicyclic amines) is 1. The summed E-state index contributed by atoms with van der Waals surface area (Å²) >= 11 is 0. The van der Waals surface area contributed by atoms with Crippen molar-refractivity contribution in [3.8, 4) is 11.3 Å². The van der Waals surface area contributed by atoms with Gasteiger partial charge in [0.2, 0.25) is 0 Å². The first kappa shape index (κ1) is 17.7. The van der Waals surface area contributed by atoms with E-state index < -0.39 is 0 Å². The Bertz CT molecular complexity index is 724. The molecule has 0 spiro atoms. The topological polar surface area (TPSA) is 49.1 Å². The van der Waals surface area contributed by atoms with Crippen molar-refractivity contribution in [1.29, 1.82) is 0 Å². The van der Waals surface area contributed by atoms with Gasteiger partial charge in [-0.3, -0.25) is 9.80 Å². The van der Waals surface area contributed by atoms with Crippen molar-refractivity contribution in [2.24, 2.45) is 0 Å². The molecule has 140 valence electrons. The van der Waals surface area contributed by atoms with Crippen LogP contribution in [0, 0.1) is 6.92 Å². The summed E-state index contributed by atoms with van der Waals surface area (Å²) < 4.78 is 11.3. The van der Waals surface area contributed by atoms with Gasteiger partial charge >= 0.3 is 0 Å². The number of furan rings is 1. The molecule has 5 heteroatoms. The summed E-state index contributed by atoms with van der Waals surface area (Å²) in [4.78, 5) is 4.75. The van der Waals surface area contributed by atoms with E-state index in [4.69, 9.17) is 9.15 Å². The molecule has 0 saturated carbocycles. The molecule has 4 rings (SSSR count). The largest absolute Gasteiger partial charge is 0.461 e. The highest BCUT2D eigenvalue weighted by Gasteiger charge is 2.32. The van der Waals surface area contributed by atoms with E-state index in [0.717, 1.165) is 62.9 Å². The summed E-state index contributed by atoms with van der Waals surface area (Å²) in [6.45, 7) is 7.95. The molecular formula is C21H28N2O3. The number of benzene rings is 1. The van der Waals surface area contributed by atoms with Gasteiger partial charge in [-0.1, -0.05) is 24.3 Å². The van der Waals surface area contributed by atoms with Crippen LogP contribution in [-0.4, -0.2) is 66.4 Å². The lowest BCUT2D eigenvalue weighted by molar-refractivity contribution is -0.0533. The van der Waals surface area contributed by atoms with E-state index in [1.807, 2.05) is 19.1 Å². The number of rotatable bonds is 4. The van der Waals surface area contributed by atoms with Crippen LogP contribution in [0.4, 0.5) is 0 Å². The molecule has 1 N–H and O–H groups in total. The van der Waals surface area contributed by atoms with E-state index in [1.54, 1.807) is 0 Å². The van der Waals surface area contributed by atoms with Gasteiger partial charge in [0.15, 0.2) is 0 Å². The smallest absolute Gasteiger partial charge is 0.134 e. The number of nitrogens with zero attached hydrogens (tertiary/aromatic N) is 2. The van der Waals surface area contributed by atoms with Gasteiger partial charge < -0.3 is 14.3 Å². The number of aryl methyl sites for hydroxylation is 1. The van der Waals surface area contributed by atoms with Gasteiger partial charge in [0.05, 0.1) is 19.3 Å². The predicted octanol–water partition coefficient (Wildman–Crippen LogP) is 2.52. The lowest BCUT2D eigenvalue weighted by Crippen LogP contribution is -2.56. The summed E-state index contributed by atoms with van der Waals surface area (Å²) in [6.07, 6.45) is 0.697. The molecule has 5 nitrogen and oxygen atoms in total. The van der Waals surface area contributed by atoms with Crippen molar-refractivity contribution >= 4 is 0 Å². The summed E-state index contributed by atoms with van der Waals surface area (Å²) in [5.74, 6) is 1.85. The Morgan fingerprint density at radius 1 is 1.08 bits per heavy atom. The van der Waals surface area contributed by atoms with E-state index in [0.29, 0.717) is 6.54 Å². The third kappa shape index (κ3) is 3.86. The number of morpholine rings is 1. The molecule has 26 heavy (non-hydrogen) atoms. The van der Waals surface area contributed by atoms with Gasteiger partial charge in [0, 0.05) is 44.3 Å². The van der Waals surface area contributed by atoms with Gasteiger partial charge in [0.25, 0.3) is 0 Å². The third-order valence-electron chi connectivity index (χ3n) is 5.56. The maximum atomic E-state index is 10.7. The highest BCUT2D eigenvalue weighted by atomic mass is 16.5. The van der Waals surface area contributed by atoms with Gasteiger partial charge in [-0.15, -0.1) is 0 Å². The standard InChI is InChI=1S/C21H28N2O3/c1-16-6-7-21(26-16)18-5-3-2-4-17(18)14-22-9-8-19(20(24)15-22)23-10-12-25-13-11-23/h2-7,19-20,24H,8-15H2,1H3/t19-,20-/m1/s1. The van der Waals surface area contributed by atoms with Crippen molar-refractivity contribution in [3.63, 3.8) is 0 Å². The number of hydrogen-bond acceptors (Lipinski definition) is 5. The Balaban J connectivity index is 1.43. The Labute approximate surface area is 155 Å². The number of aliphatic hydroxyl groups is 1. The monoisotopic (exact) mass is 356 g/mol. The van der Waals surface area contributed by atoms with Crippen molar-refractivity contribution in [1.82, 2.24) is 9.80 Å². The van der Waals surface area contributed by atoms with E-state index in [9.17, 15) is 5.11 Å². The zero-order valence-electron chi connectivity index (χ0n) is 15.4. The molecule has 2 saturated heterocycles.